The largest absolute Gasteiger partial charge is 0.368 e. The monoisotopic (exact) mass is 469 g/mol. The minimum Gasteiger partial charge on any atom is -0.368 e. The molecule has 0 spiro atoms. The number of carbonyl (C=O) groups is 1. The predicted molar refractivity (Wildman–Crippen MR) is 132 cm³/mol. The van der Waals surface area contributed by atoms with Crippen molar-refractivity contribution in [1.82, 2.24) is 14.3 Å². The van der Waals surface area contributed by atoms with Gasteiger partial charge in [-0.2, -0.15) is 0 Å². The van der Waals surface area contributed by atoms with Gasteiger partial charge in [-0.3, -0.25) is 4.79 Å². The number of aromatic amines is 1. The lowest BCUT2D eigenvalue weighted by Crippen LogP contribution is -2.38. The summed E-state index contributed by atoms with van der Waals surface area (Å²) in [6, 6.07) is 8.04. The van der Waals surface area contributed by atoms with Crippen LogP contribution in [0.1, 0.15) is 55.5 Å². The molecule has 1 aliphatic heterocycles. The number of benzene rings is 1. The average Bonchev–Trinajstić information content (AvgIpc) is 3.22. The molecule has 8 nitrogen and oxygen atoms in total. The van der Waals surface area contributed by atoms with Crippen LogP contribution in [0.15, 0.2) is 36.7 Å². The number of hydrogen-bond acceptors (Lipinski definition) is 5. The second-order valence-corrected chi connectivity index (χ2v) is 11.1. The van der Waals surface area contributed by atoms with E-state index in [9.17, 15) is 13.2 Å². The van der Waals surface area contributed by atoms with Gasteiger partial charge in [0.1, 0.15) is 5.82 Å². The summed E-state index contributed by atoms with van der Waals surface area (Å²) in [5.74, 6) is 0.621. The van der Waals surface area contributed by atoms with E-state index in [-0.39, 0.29) is 17.7 Å². The first kappa shape index (κ1) is 23.3. The number of carbonyl (C=O) groups excluding carboxylic acids is 1. The molecule has 1 saturated heterocycles. The Bertz CT molecular complexity index is 1260. The Hall–Kier alpha value is -2.91. The Morgan fingerprint density at radius 3 is 2.55 bits per heavy atom. The SMILES string of the molecule is CCS(=O)(=O)N1CCC(c2c[nH]c3c(C(N)=O)cc(-c4ccc(NC(C)C)nc4)cc23)CC1. The van der Waals surface area contributed by atoms with Crippen molar-refractivity contribution < 1.29 is 13.2 Å². The van der Waals surface area contributed by atoms with E-state index >= 15 is 0 Å². The number of anilines is 1. The smallest absolute Gasteiger partial charge is 0.250 e. The van der Waals surface area contributed by atoms with Gasteiger partial charge in [-0.1, -0.05) is 0 Å². The second kappa shape index (κ2) is 9.15. The Kier molecular flexibility index (Phi) is 6.45. The van der Waals surface area contributed by atoms with E-state index in [0.717, 1.165) is 46.3 Å². The first-order chi connectivity index (χ1) is 15.7. The van der Waals surface area contributed by atoms with Gasteiger partial charge in [-0.15, -0.1) is 0 Å². The number of nitrogens with one attached hydrogen (secondary N) is 2. The molecule has 2 aromatic heterocycles. The maximum absolute atomic E-state index is 12.2. The van der Waals surface area contributed by atoms with Gasteiger partial charge < -0.3 is 16.0 Å². The lowest BCUT2D eigenvalue weighted by Gasteiger charge is -2.31. The Labute approximate surface area is 194 Å². The van der Waals surface area contributed by atoms with Crippen molar-refractivity contribution in [3.05, 3.63) is 47.8 Å². The van der Waals surface area contributed by atoms with Crippen LogP contribution in [-0.2, 0) is 10.0 Å². The molecule has 176 valence electrons. The standard InChI is InChI=1S/C24H31N5O3S/c1-4-33(31,32)29-9-7-16(8-10-29)21-14-27-23-19(21)11-18(12-20(23)24(25)30)17-5-6-22(26-13-17)28-15(2)3/h5-6,11-16,27H,4,7-10H2,1-3H3,(H2,25,30)(H,26,28). The highest BCUT2D eigenvalue weighted by molar-refractivity contribution is 7.89. The van der Waals surface area contributed by atoms with Gasteiger partial charge >= 0.3 is 0 Å². The number of piperidine rings is 1. The van der Waals surface area contributed by atoms with Crippen molar-refractivity contribution in [2.45, 2.75) is 45.6 Å². The fraction of sp³-hybridized carbons (Fsp3) is 0.417. The zero-order chi connectivity index (χ0) is 23.8. The van der Waals surface area contributed by atoms with Crippen LogP contribution < -0.4 is 11.1 Å². The number of amides is 1. The van der Waals surface area contributed by atoms with E-state index in [1.807, 2.05) is 18.3 Å². The van der Waals surface area contributed by atoms with E-state index in [0.29, 0.717) is 18.7 Å². The number of rotatable bonds is 7. The summed E-state index contributed by atoms with van der Waals surface area (Å²) in [5, 5.41) is 4.22. The number of pyridine rings is 1. The molecule has 0 saturated carbocycles. The molecular weight excluding hydrogens is 438 g/mol. The van der Waals surface area contributed by atoms with Gasteiger partial charge in [-0.25, -0.2) is 17.7 Å². The third-order valence-corrected chi connectivity index (χ3v) is 8.15. The highest BCUT2D eigenvalue weighted by atomic mass is 32.2. The summed E-state index contributed by atoms with van der Waals surface area (Å²) in [6.45, 7) is 6.79. The Morgan fingerprint density at radius 2 is 1.97 bits per heavy atom. The van der Waals surface area contributed by atoms with Crippen LogP contribution in [0, 0.1) is 0 Å². The van der Waals surface area contributed by atoms with Crippen LogP contribution in [0.4, 0.5) is 5.82 Å². The molecule has 0 aliphatic carbocycles. The quantitative estimate of drug-likeness (QED) is 0.487. The molecule has 1 amide bonds. The molecule has 4 rings (SSSR count). The molecule has 33 heavy (non-hydrogen) atoms. The second-order valence-electron chi connectivity index (χ2n) is 8.86. The van der Waals surface area contributed by atoms with Crippen molar-refractivity contribution in [3.8, 4) is 11.1 Å². The number of hydrogen-bond donors (Lipinski definition) is 3. The van der Waals surface area contributed by atoms with Crippen LogP contribution in [0.25, 0.3) is 22.0 Å². The van der Waals surface area contributed by atoms with Gasteiger partial charge in [0, 0.05) is 42.5 Å². The van der Waals surface area contributed by atoms with E-state index in [1.54, 1.807) is 23.5 Å². The summed E-state index contributed by atoms with van der Waals surface area (Å²) in [5.41, 5.74) is 9.72. The lowest BCUT2D eigenvalue weighted by molar-refractivity contribution is 0.100. The minimum atomic E-state index is -3.18. The van der Waals surface area contributed by atoms with Gasteiger partial charge in [0.25, 0.3) is 5.91 Å². The number of primary amides is 1. The highest BCUT2D eigenvalue weighted by Gasteiger charge is 2.29. The first-order valence-corrected chi connectivity index (χ1v) is 13.0. The molecule has 9 heteroatoms. The van der Waals surface area contributed by atoms with Gasteiger partial charge in [0.05, 0.1) is 16.8 Å². The molecule has 0 atom stereocenters. The highest BCUT2D eigenvalue weighted by Crippen LogP contribution is 2.37. The molecule has 0 unspecified atom stereocenters. The van der Waals surface area contributed by atoms with E-state index in [1.165, 1.54) is 0 Å². The predicted octanol–water partition coefficient (Wildman–Crippen LogP) is 3.68. The minimum absolute atomic E-state index is 0.121. The molecule has 4 N–H and O–H groups in total. The molecular formula is C24H31N5O3S. The molecule has 1 fully saturated rings. The third kappa shape index (κ3) is 4.74. The van der Waals surface area contributed by atoms with Gasteiger partial charge in [-0.05, 0) is 74.9 Å². The molecule has 3 aromatic rings. The number of fused-ring (bicyclic) bond motifs is 1. The van der Waals surface area contributed by atoms with Gasteiger partial charge in [0.15, 0.2) is 0 Å². The molecule has 1 aromatic carbocycles. The molecule has 0 radical (unpaired) electrons. The topological polar surface area (TPSA) is 121 Å². The van der Waals surface area contributed by atoms with Crippen LogP contribution in [0.3, 0.4) is 0 Å². The fourth-order valence-corrected chi connectivity index (χ4v) is 5.66. The summed E-state index contributed by atoms with van der Waals surface area (Å²) >= 11 is 0. The lowest BCUT2D eigenvalue weighted by atomic mass is 9.88. The molecule has 0 bridgehead atoms. The van der Waals surface area contributed by atoms with Crippen molar-refractivity contribution in [2.75, 3.05) is 24.2 Å². The van der Waals surface area contributed by atoms with Crippen LogP contribution in [-0.4, -0.2) is 53.5 Å². The number of sulfonamides is 1. The summed E-state index contributed by atoms with van der Waals surface area (Å²) in [7, 11) is -3.18. The number of nitrogens with two attached hydrogens (primary N) is 1. The van der Waals surface area contributed by atoms with Crippen LogP contribution >= 0.6 is 0 Å². The first-order valence-electron chi connectivity index (χ1n) is 11.3. The number of aromatic nitrogens is 2. The number of H-pyrrole nitrogens is 1. The molecule has 1 aliphatic rings. The summed E-state index contributed by atoms with van der Waals surface area (Å²) in [6.07, 6.45) is 5.19. The van der Waals surface area contributed by atoms with Crippen molar-refractivity contribution >= 4 is 32.7 Å². The Balaban J connectivity index is 1.69. The maximum Gasteiger partial charge on any atom is 0.250 e. The van der Waals surface area contributed by atoms with E-state index in [2.05, 4.69) is 35.2 Å². The van der Waals surface area contributed by atoms with E-state index < -0.39 is 15.9 Å². The Morgan fingerprint density at radius 1 is 1.24 bits per heavy atom. The van der Waals surface area contributed by atoms with Crippen LogP contribution in [0.2, 0.25) is 0 Å². The fourth-order valence-electron chi connectivity index (χ4n) is 4.53. The number of nitrogens with zero attached hydrogens (tertiary/aromatic N) is 2. The van der Waals surface area contributed by atoms with Crippen molar-refractivity contribution in [2.24, 2.45) is 5.73 Å². The third-order valence-electron chi connectivity index (χ3n) is 6.27. The zero-order valence-electron chi connectivity index (χ0n) is 19.3. The average molecular weight is 470 g/mol. The van der Waals surface area contributed by atoms with Gasteiger partial charge in [0.2, 0.25) is 10.0 Å². The summed E-state index contributed by atoms with van der Waals surface area (Å²) in [4.78, 5) is 20.0. The summed E-state index contributed by atoms with van der Waals surface area (Å²) < 4.78 is 26.0. The molecule has 3 heterocycles. The van der Waals surface area contributed by atoms with Crippen molar-refractivity contribution in [1.29, 1.82) is 0 Å². The van der Waals surface area contributed by atoms with Crippen molar-refractivity contribution in [3.63, 3.8) is 0 Å². The normalized spacial score (nSPS) is 15.9. The zero-order valence-corrected chi connectivity index (χ0v) is 20.1. The van der Waals surface area contributed by atoms with Crippen LogP contribution in [0.5, 0.6) is 0 Å². The van der Waals surface area contributed by atoms with E-state index in [4.69, 9.17) is 5.73 Å². The maximum atomic E-state index is 12.2.